The molecule has 1 saturated carbocycles. The van der Waals surface area contributed by atoms with Gasteiger partial charge in [-0.2, -0.15) is 0 Å². The Kier molecular flexibility index (Phi) is 5.10. The quantitative estimate of drug-likeness (QED) is 0.723. The van der Waals surface area contributed by atoms with E-state index in [-0.39, 0.29) is 11.2 Å². The van der Waals surface area contributed by atoms with E-state index in [4.69, 9.17) is 4.74 Å². The molecule has 2 aromatic heterocycles. The maximum atomic E-state index is 12.7. The molecular formula is C17H22N4O2S2. The van der Waals surface area contributed by atoms with Crippen LogP contribution in [0.3, 0.4) is 0 Å². The van der Waals surface area contributed by atoms with Gasteiger partial charge in [-0.1, -0.05) is 17.8 Å². The molecule has 134 valence electrons. The van der Waals surface area contributed by atoms with Crippen LogP contribution in [0, 0.1) is 0 Å². The van der Waals surface area contributed by atoms with E-state index in [1.165, 1.54) is 29.5 Å². The maximum absolute atomic E-state index is 12.7. The highest BCUT2D eigenvalue weighted by atomic mass is 32.2. The van der Waals surface area contributed by atoms with Crippen LogP contribution in [0.15, 0.2) is 22.7 Å². The van der Waals surface area contributed by atoms with Crippen LogP contribution in [0.2, 0.25) is 0 Å². The van der Waals surface area contributed by atoms with Gasteiger partial charge in [-0.3, -0.25) is 4.79 Å². The van der Waals surface area contributed by atoms with Gasteiger partial charge in [0.25, 0.3) is 0 Å². The molecule has 1 amide bonds. The SMILES string of the molecule is C[C@@H](Sc1nnc(Cc2cccs2)n1C1CC1)C(=O)N1CCOCC1. The van der Waals surface area contributed by atoms with Crippen LogP contribution in [-0.2, 0) is 16.0 Å². The van der Waals surface area contributed by atoms with E-state index < -0.39 is 0 Å². The van der Waals surface area contributed by atoms with E-state index in [1.54, 1.807) is 11.3 Å². The third kappa shape index (κ3) is 3.91. The summed E-state index contributed by atoms with van der Waals surface area (Å²) in [5.41, 5.74) is 0. The first-order chi connectivity index (χ1) is 12.2. The zero-order valence-electron chi connectivity index (χ0n) is 14.3. The first kappa shape index (κ1) is 17.1. The van der Waals surface area contributed by atoms with E-state index in [0.29, 0.717) is 32.3 Å². The maximum Gasteiger partial charge on any atom is 0.236 e. The highest BCUT2D eigenvalue weighted by Crippen LogP contribution is 2.40. The second-order valence-electron chi connectivity index (χ2n) is 6.45. The van der Waals surface area contributed by atoms with Gasteiger partial charge in [0, 0.05) is 30.4 Å². The largest absolute Gasteiger partial charge is 0.378 e. The Morgan fingerprint density at radius 2 is 2.20 bits per heavy atom. The van der Waals surface area contributed by atoms with Crippen molar-refractivity contribution in [3.63, 3.8) is 0 Å². The normalized spacial score (nSPS) is 19.2. The number of nitrogens with zero attached hydrogens (tertiary/aromatic N) is 4. The molecule has 8 heteroatoms. The summed E-state index contributed by atoms with van der Waals surface area (Å²) < 4.78 is 7.59. The third-order valence-electron chi connectivity index (χ3n) is 4.51. The third-order valence-corrected chi connectivity index (χ3v) is 6.43. The van der Waals surface area contributed by atoms with E-state index in [1.807, 2.05) is 11.8 Å². The topological polar surface area (TPSA) is 60.2 Å². The molecule has 1 atom stereocenters. The van der Waals surface area contributed by atoms with Gasteiger partial charge in [0.05, 0.1) is 18.5 Å². The fraction of sp³-hybridized carbons (Fsp3) is 0.588. The highest BCUT2D eigenvalue weighted by molar-refractivity contribution is 8.00. The van der Waals surface area contributed by atoms with Gasteiger partial charge >= 0.3 is 0 Å². The Balaban J connectivity index is 1.48. The summed E-state index contributed by atoms with van der Waals surface area (Å²) >= 11 is 3.28. The minimum atomic E-state index is -0.158. The molecule has 2 fully saturated rings. The molecule has 1 aliphatic carbocycles. The van der Waals surface area contributed by atoms with Crippen molar-refractivity contribution in [1.82, 2.24) is 19.7 Å². The summed E-state index contributed by atoms with van der Waals surface area (Å²) in [6.07, 6.45) is 3.16. The molecule has 1 saturated heterocycles. The van der Waals surface area contributed by atoms with Crippen LogP contribution in [0.5, 0.6) is 0 Å². The summed E-state index contributed by atoms with van der Waals surface area (Å²) in [7, 11) is 0. The van der Waals surface area contributed by atoms with Crippen molar-refractivity contribution in [1.29, 1.82) is 0 Å². The summed E-state index contributed by atoms with van der Waals surface area (Å²) in [5.74, 6) is 1.18. The van der Waals surface area contributed by atoms with Crippen molar-refractivity contribution in [2.24, 2.45) is 0 Å². The fourth-order valence-corrected chi connectivity index (χ4v) is 4.75. The van der Waals surface area contributed by atoms with Crippen LogP contribution in [0.25, 0.3) is 0 Å². The lowest BCUT2D eigenvalue weighted by atomic mass is 10.3. The van der Waals surface area contributed by atoms with Crippen molar-refractivity contribution in [2.45, 2.75) is 42.6 Å². The Bertz CT molecular complexity index is 721. The van der Waals surface area contributed by atoms with E-state index in [2.05, 4.69) is 32.3 Å². The molecule has 4 rings (SSSR count). The standard InChI is InChI=1S/C17H22N4O2S2/c1-12(16(22)20-6-8-23-9-7-20)25-17-19-18-15(21(17)13-4-5-13)11-14-3-2-10-24-14/h2-3,10,12-13H,4-9,11H2,1H3/t12-/m1/s1. The van der Waals surface area contributed by atoms with E-state index in [9.17, 15) is 4.79 Å². The van der Waals surface area contributed by atoms with Gasteiger partial charge in [0.1, 0.15) is 5.82 Å². The van der Waals surface area contributed by atoms with E-state index >= 15 is 0 Å². The summed E-state index contributed by atoms with van der Waals surface area (Å²) in [6, 6.07) is 4.70. The Hall–Kier alpha value is -1.38. The molecule has 6 nitrogen and oxygen atoms in total. The monoisotopic (exact) mass is 378 g/mol. The highest BCUT2D eigenvalue weighted by Gasteiger charge is 2.32. The van der Waals surface area contributed by atoms with Gasteiger partial charge in [-0.15, -0.1) is 21.5 Å². The predicted octanol–water partition coefficient (Wildman–Crippen LogP) is 2.60. The molecule has 0 N–H and O–H groups in total. The predicted molar refractivity (Wildman–Crippen MR) is 98.1 cm³/mol. The second kappa shape index (κ2) is 7.47. The molecule has 2 aliphatic rings. The van der Waals surface area contributed by atoms with Crippen molar-refractivity contribution in [3.8, 4) is 0 Å². The molecule has 0 radical (unpaired) electrons. The first-order valence-electron chi connectivity index (χ1n) is 8.71. The first-order valence-corrected chi connectivity index (χ1v) is 10.5. The molecule has 25 heavy (non-hydrogen) atoms. The lowest BCUT2D eigenvalue weighted by Gasteiger charge is -2.28. The number of hydrogen-bond donors (Lipinski definition) is 0. The Morgan fingerprint density at radius 3 is 2.88 bits per heavy atom. The molecule has 2 aromatic rings. The number of hydrogen-bond acceptors (Lipinski definition) is 6. The minimum absolute atomic E-state index is 0.158. The van der Waals surface area contributed by atoms with Gasteiger partial charge < -0.3 is 14.2 Å². The lowest BCUT2D eigenvalue weighted by molar-refractivity contribution is -0.134. The minimum Gasteiger partial charge on any atom is -0.378 e. The average Bonchev–Trinajstić information content (AvgIpc) is 3.20. The van der Waals surface area contributed by atoms with Crippen molar-refractivity contribution in [3.05, 3.63) is 28.2 Å². The zero-order chi connectivity index (χ0) is 17.2. The van der Waals surface area contributed by atoms with Gasteiger partial charge in [-0.25, -0.2) is 0 Å². The molecule has 1 aliphatic heterocycles. The molecule has 0 unspecified atom stereocenters. The number of ether oxygens (including phenoxy) is 1. The van der Waals surface area contributed by atoms with Crippen LogP contribution >= 0.6 is 23.1 Å². The number of carbonyl (C=O) groups excluding carboxylic acids is 1. The fourth-order valence-electron chi connectivity index (χ4n) is 3.03. The number of carbonyl (C=O) groups is 1. The van der Waals surface area contributed by atoms with Crippen LogP contribution in [0.1, 0.15) is 36.5 Å². The molecule has 0 aromatic carbocycles. The summed E-state index contributed by atoms with van der Waals surface area (Å²) in [6.45, 7) is 4.59. The number of rotatable bonds is 6. The molecule has 0 spiro atoms. The van der Waals surface area contributed by atoms with Crippen molar-refractivity contribution < 1.29 is 9.53 Å². The molecule has 3 heterocycles. The Morgan fingerprint density at radius 1 is 1.40 bits per heavy atom. The van der Waals surface area contributed by atoms with Gasteiger partial charge in [0.2, 0.25) is 5.91 Å². The smallest absolute Gasteiger partial charge is 0.236 e. The summed E-state index contributed by atoms with van der Waals surface area (Å²) in [4.78, 5) is 15.8. The van der Waals surface area contributed by atoms with Crippen LogP contribution in [-0.4, -0.2) is 57.1 Å². The second-order valence-corrected chi connectivity index (χ2v) is 8.79. The van der Waals surface area contributed by atoms with Crippen molar-refractivity contribution >= 4 is 29.0 Å². The van der Waals surface area contributed by atoms with Crippen LogP contribution in [0.4, 0.5) is 0 Å². The van der Waals surface area contributed by atoms with E-state index in [0.717, 1.165) is 17.4 Å². The zero-order valence-corrected chi connectivity index (χ0v) is 15.9. The average molecular weight is 379 g/mol. The van der Waals surface area contributed by atoms with Crippen molar-refractivity contribution in [2.75, 3.05) is 26.3 Å². The molecule has 0 bridgehead atoms. The van der Waals surface area contributed by atoms with Gasteiger partial charge in [-0.05, 0) is 31.2 Å². The van der Waals surface area contributed by atoms with Crippen LogP contribution < -0.4 is 0 Å². The lowest BCUT2D eigenvalue weighted by Crippen LogP contribution is -2.44. The Labute approximate surface area is 155 Å². The number of morpholine rings is 1. The number of thioether (sulfide) groups is 1. The number of aromatic nitrogens is 3. The number of thiophene rings is 1. The molecular weight excluding hydrogens is 356 g/mol. The van der Waals surface area contributed by atoms with Gasteiger partial charge in [0.15, 0.2) is 5.16 Å². The summed E-state index contributed by atoms with van der Waals surface area (Å²) in [5, 5.41) is 11.7. The number of amides is 1.